The maximum absolute atomic E-state index is 12.1. The quantitative estimate of drug-likeness (QED) is 0.862. The normalized spacial score (nSPS) is 15.5. The number of carbonyl (C=O) groups is 1. The van der Waals surface area contributed by atoms with E-state index in [9.17, 15) is 4.79 Å². The van der Waals surface area contributed by atoms with Gasteiger partial charge in [-0.2, -0.15) is 5.10 Å². The maximum atomic E-state index is 12.1. The molecule has 1 fully saturated rings. The number of aromatic nitrogens is 2. The average Bonchev–Trinajstić information content (AvgIpc) is 3.02. The van der Waals surface area contributed by atoms with Crippen LogP contribution in [0.5, 0.6) is 0 Å². The van der Waals surface area contributed by atoms with Crippen LogP contribution in [0.15, 0.2) is 42.7 Å². The van der Waals surface area contributed by atoms with Crippen LogP contribution in [0, 0.1) is 5.92 Å². The molecule has 0 atom stereocenters. The van der Waals surface area contributed by atoms with Gasteiger partial charge in [-0.3, -0.25) is 9.48 Å². The highest BCUT2D eigenvalue weighted by atomic mass is 16.1. The lowest BCUT2D eigenvalue weighted by molar-refractivity contribution is -0.116. The number of anilines is 1. The zero-order valence-electron chi connectivity index (χ0n) is 13.4. The summed E-state index contributed by atoms with van der Waals surface area (Å²) in [6.07, 6.45) is 7.53. The molecule has 122 valence electrons. The van der Waals surface area contributed by atoms with Gasteiger partial charge in [-0.1, -0.05) is 30.3 Å². The Kier molecular flexibility index (Phi) is 5.42. The summed E-state index contributed by atoms with van der Waals surface area (Å²) in [6.45, 7) is 2.88. The van der Waals surface area contributed by atoms with Crippen molar-refractivity contribution in [3.05, 3.63) is 48.3 Å². The Balaban J connectivity index is 1.45. The number of amides is 1. The fraction of sp³-hybridized carbons (Fsp3) is 0.444. The van der Waals surface area contributed by atoms with Gasteiger partial charge in [-0.25, -0.2) is 0 Å². The SMILES string of the molecule is O=C(CCC1CCNCC1)Nc1cnn(Cc2ccccc2)c1. The number of nitrogens with zero attached hydrogens (tertiary/aromatic N) is 2. The van der Waals surface area contributed by atoms with E-state index in [0.29, 0.717) is 18.9 Å². The predicted octanol–water partition coefficient (Wildman–Crippen LogP) is 2.65. The molecule has 2 aromatic rings. The minimum absolute atomic E-state index is 0.0859. The van der Waals surface area contributed by atoms with E-state index in [0.717, 1.165) is 25.2 Å². The Bertz CT molecular complexity index is 617. The number of hydrogen-bond acceptors (Lipinski definition) is 3. The number of rotatable bonds is 6. The lowest BCUT2D eigenvalue weighted by Crippen LogP contribution is -2.28. The van der Waals surface area contributed by atoms with Crippen molar-refractivity contribution in [1.82, 2.24) is 15.1 Å². The van der Waals surface area contributed by atoms with Gasteiger partial charge in [0, 0.05) is 12.6 Å². The van der Waals surface area contributed by atoms with Gasteiger partial charge in [0.25, 0.3) is 0 Å². The number of nitrogens with one attached hydrogen (secondary N) is 2. The topological polar surface area (TPSA) is 59.0 Å². The molecule has 0 spiro atoms. The smallest absolute Gasteiger partial charge is 0.224 e. The van der Waals surface area contributed by atoms with Crippen LogP contribution in [0.25, 0.3) is 0 Å². The summed E-state index contributed by atoms with van der Waals surface area (Å²) in [5.74, 6) is 0.769. The molecule has 1 aliphatic heterocycles. The summed E-state index contributed by atoms with van der Waals surface area (Å²) in [5.41, 5.74) is 1.97. The van der Waals surface area contributed by atoms with Crippen molar-refractivity contribution in [3.63, 3.8) is 0 Å². The molecule has 0 saturated carbocycles. The first-order chi connectivity index (χ1) is 11.3. The molecule has 0 aliphatic carbocycles. The molecule has 0 radical (unpaired) electrons. The first-order valence-corrected chi connectivity index (χ1v) is 8.36. The van der Waals surface area contributed by atoms with Crippen LogP contribution < -0.4 is 10.6 Å². The monoisotopic (exact) mass is 312 g/mol. The van der Waals surface area contributed by atoms with E-state index < -0.39 is 0 Å². The van der Waals surface area contributed by atoms with Crippen molar-refractivity contribution >= 4 is 11.6 Å². The lowest BCUT2D eigenvalue weighted by atomic mass is 9.93. The fourth-order valence-electron chi connectivity index (χ4n) is 3.01. The van der Waals surface area contributed by atoms with Crippen LogP contribution in [0.3, 0.4) is 0 Å². The zero-order valence-corrected chi connectivity index (χ0v) is 13.4. The van der Waals surface area contributed by atoms with Crippen molar-refractivity contribution in [2.24, 2.45) is 5.92 Å². The van der Waals surface area contributed by atoms with E-state index in [2.05, 4.69) is 27.9 Å². The van der Waals surface area contributed by atoms with Gasteiger partial charge in [0.2, 0.25) is 5.91 Å². The van der Waals surface area contributed by atoms with Gasteiger partial charge in [0.1, 0.15) is 0 Å². The van der Waals surface area contributed by atoms with E-state index in [-0.39, 0.29) is 5.91 Å². The maximum Gasteiger partial charge on any atom is 0.224 e. The third-order valence-corrected chi connectivity index (χ3v) is 4.34. The summed E-state index contributed by atoms with van der Waals surface area (Å²) in [4.78, 5) is 12.1. The van der Waals surface area contributed by atoms with Crippen LogP contribution in [-0.2, 0) is 11.3 Å². The lowest BCUT2D eigenvalue weighted by Gasteiger charge is -2.22. The minimum atomic E-state index is 0.0859. The van der Waals surface area contributed by atoms with Crippen LogP contribution in [0.4, 0.5) is 5.69 Å². The van der Waals surface area contributed by atoms with Gasteiger partial charge in [-0.05, 0) is 43.8 Å². The molecule has 1 saturated heterocycles. The molecule has 0 bridgehead atoms. The van der Waals surface area contributed by atoms with Crippen molar-refractivity contribution < 1.29 is 4.79 Å². The standard InChI is InChI=1S/C18H24N4O/c23-18(7-6-15-8-10-19-11-9-15)21-17-12-20-22(14-17)13-16-4-2-1-3-5-16/h1-5,12,14-15,19H,6-11,13H2,(H,21,23). The summed E-state index contributed by atoms with van der Waals surface area (Å²) in [6, 6.07) is 10.2. The Hall–Kier alpha value is -2.14. The molecular formula is C18H24N4O. The molecule has 5 nitrogen and oxygen atoms in total. The van der Waals surface area contributed by atoms with Gasteiger partial charge < -0.3 is 10.6 Å². The number of hydrogen-bond donors (Lipinski definition) is 2. The van der Waals surface area contributed by atoms with Gasteiger partial charge in [0.15, 0.2) is 0 Å². The molecule has 1 aromatic carbocycles. The highest BCUT2D eigenvalue weighted by Gasteiger charge is 2.14. The second-order valence-corrected chi connectivity index (χ2v) is 6.19. The van der Waals surface area contributed by atoms with E-state index in [1.54, 1.807) is 6.20 Å². The van der Waals surface area contributed by atoms with Crippen molar-refractivity contribution in [3.8, 4) is 0 Å². The van der Waals surface area contributed by atoms with E-state index in [1.165, 1.54) is 18.4 Å². The molecule has 2 heterocycles. The number of carbonyl (C=O) groups excluding carboxylic acids is 1. The molecular weight excluding hydrogens is 288 g/mol. The van der Waals surface area contributed by atoms with Crippen molar-refractivity contribution in [2.45, 2.75) is 32.2 Å². The third-order valence-electron chi connectivity index (χ3n) is 4.34. The van der Waals surface area contributed by atoms with Crippen LogP contribution in [-0.4, -0.2) is 28.8 Å². The van der Waals surface area contributed by atoms with Crippen LogP contribution in [0.1, 0.15) is 31.2 Å². The summed E-state index contributed by atoms with van der Waals surface area (Å²) < 4.78 is 1.84. The largest absolute Gasteiger partial charge is 0.323 e. The highest BCUT2D eigenvalue weighted by molar-refractivity contribution is 5.90. The minimum Gasteiger partial charge on any atom is -0.323 e. The molecule has 0 unspecified atom stereocenters. The summed E-state index contributed by atoms with van der Waals surface area (Å²) in [5, 5.41) is 10.6. The summed E-state index contributed by atoms with van der Waals surface area (Å²) in [7, 11) is 0. The van der Waals surface area contributed by atoms with Gasteiger partial charge in [-0.15, -0.1) is 0 Å². The van der Waals surface area contributed by atoms with E-state index in [4.69, 9.17) is 0 Å². The second-order valence-electron chi connectivity index (χ2n) is 6.19. The first-order valence-electron chi connectivity index (χ1n) is 8.36. The summed E-state index contributed by atoms with van der Waals surface area (Å²) >= 11 is 0. The van der Waals surface area contributed by atoms with Crippen molar-refractivity contribution in [1.29, 1.82) is 0 Å². The molecule has 2 N–H and O–H groups in total. The van der Waals surface area contributed by atoms with Crippen molar-refractivity contribution in [2.75, 3.05) is 18.4 Å². The van der Waals surface area contributed by atoms with Crippen LogP contribution in [0.2, 0.25) is 0 Å². The Morgan fingerprint density at radius 2 is 2.04 bits per heavy atom. The second kappa shape index (κ2) is 7.92. The third kappa shape index (κ3) is 4.93. The molecule has 5 heteroatoms. The van der Waals surface area contributed by atoms with E-state index >= 15 is 0 Å². The molecule has 3 rings (SSSR count). The Labute approximate surface area is 137 Å². The molecule has 1 aromatic heterocycles. The Morgan fingerprint density at radius 1 is 1.26 bits per heavy atom. The van der Waals surface area contributed by atoms with Crippen LogP contribution >= 0.6 is 0 Å². The molecule has 1 amide bonds. The number of piperidine rings is 1. The average molecular weight is 312 g/mol. The molecule has 1 aliphatic rings. The van der Waals surface area contributed by atoms with Gasteiger partial charge in [0.05, 0.1) is 18.4 Å². The molecule has 23 heavy (non-hydrogen) atoms. The van der Waals surface area contributed by atoms with Gasteiger partial charge >= 0.3 is 0 Å². The zero-order chi connectivity index (χ0) is 15.9. The Morgan fingerprint density at radius 3 is 2.83 bits per heavy atom. The fourth-order valence-corrected chi connectivity index (χ4v) is 3.01. The predicted molar refractivity (Wildman–Crippen MR) is 91.2 cm³/mol. The van der Waals surface area contributed by atoms with E-state index in [1.807, 2.05) is 29.1 Å². The number of benzene rings is 1. The highest BCUT2D eigenvalue weighted by Crippen LogP contribution is 2.18. The first kappa shape index (κ1) is 15.7.